The predicted octanol–water partition coefficient (Wildman–Crippen LogP) is 2.48. The maximum atomic E-state index is 11.9. The number of rotatable bonds is 2. The van der Waals surface area contributed by atoms with E-state index in [4.69, 9.17) is 0 Å². The summed E-state index contributed by atoms with van der Waals surface area (Å²) >= 11 is 0. The Hall–Kier alpha value is -1.03. The van der Waals surface area contributed by atoms with Crippen LogP contribution >= 0.6 is 0 Å². The van der Waals surface area contributed by atoms with Crippen molar-refractivity contribution >= 4 is 15.7 Å². The molecule has 0 fully saturated rings. The standard InChI is InChI=1S/C12H17NO2S/c1-4-13-12-6-5-10(9(2)3)7-11(12)8-16(13,14)15/h5-7,9H,4,8H2,1-3H3. The van der Waals surface area contributed by atoms with Gasteiger partial charge in [-0.05, 0) is 30.0 Å². The molecule has 0 unspecified atom stereocenters. The molecule has 1 aromatic rings. The Bertz CT molecular complexity index is 506. The summed E-state index contributed by atoms with van der Waals surface area (Å²) in [5, 5.41) is 0. The van der Waals surface area contributed by atoms with Gasteiger partial charge in [-0.3, -0.25) is 4.31 Å². The first-order valence-electron chi connectivity index (χ1n) is 5.59. The van der Waals surface area contributed by atoms with Crippen LogP contribution in [0.5, 0.6) is 0 Å². The molecule has 1 aliphatic heterocycles. The average Bonchev–Trinajstić information content (AvgIpc) is 2.45. The molecule has 88 valence electrons. The van der Waals surface area contributed by atoms with Crippen LogP contribution in [0.4, 0.5) is 5.69 Å². The summed E-state index contributed by atoms with van der Waals surface area (Å²) in [6, 6.07) is 5.97. The molecule has 16 heavy (non-hydrogen) atoms. The molecule has 1 aliphatic rings. The van der Waals surface area contributed by atoms with Crippen LogP contribution in [-0.4, -0.2) is 15.0 Å². The van der Waals surface area contributed by atoms with Crippen molar-refractivity contribution in [1.29, 1.82) is 0 Å². The number of hydrogen-bond acceptors (Lipinski definition) is 2. The summed E-state index contributed by atoms with van der Waals surface area (Å²) < 4.78 is 25.2. The number of hydrogen-bond donors (Lipinski definition) is 0. The molecule has 0 bridgehead atoms. The van der Waals surface area contributed by atoms with E-state index in [1.54, 1.807) is 0 Å². The monoisotopic (exact) mass is 239 g/mol. The highest BCUT2D eigenvalue weighted by Crippen LogP contribution is 2.35. The van der Waals surface area contributed by atoms with Crippen LogP contribution < -0.4 is 4.31 Å². The zero-order valence-electron chi connectivity index (χ0n) is 9.90. The second-order valence-corrected chi connectivity index (χ2v) is 6.36. The molecule has 1 heterocycles. The van der Waals surface area contributed by atoms with Crippen LogP contribution in [0.25, 0.3) is 0 Å². The highest BCUT2D eigenvalue weighted by atomic mass is 32.2. The molecule has 4 heteroatoms. The fourth-order valence-electron chi connectivity index (χ4n) is 2.11. The Balaban J connectivity index is 2.51. The van der Waals surface area contributed by atoms with Crippen LogP contribution in [0, 0.1) is 0 Å². The van der Waals surface area contributed by atoms with E-state index in [0.29, 0.717) is 12.5 Å². The van der Waals surface area contributed by atoms with E-state index in [1.165, 1.54) is 9.87 Å². The van der Waals surface area contributed by atoms with Crippen LogP contribution in [0.3, 0.4) is 0 Å². The second kappa shape index (κ2) is 3.77. The predicted molar refractivity (Wildman–Crippen MR) is 66.2 cm³/mol. The maximum absolute atomic E-state index is 11.9. The third-order valence-electron chi connectivity index (χ3n) is 3.00. The minimum Gasteiger partial charge on any atom is -0.270 e. The number of sulfonamides is 1. The highest BCUT2D eigenvalue weighted by Gasteiger charge is 2.31. The van der Waals surface area contributed by atoms with Crippen molar-refractivity contribution in [3.05, 3.63) is 29.3 Å². The summed E-state index contributed by atoms with van der Waals surface area (Å²) in [4.78, 5) is 0. The molecule has 0 saturated carbocycles. The van der Waals surface area contributed by atoms with E-state index >= 15 is 0 Å². The number of anilines is 1. The third-order valence-corrected chi connectivity index (χ3v) is 4.80. The van der Waals surface area contributed by atoms with Gasteiger partial charge in [0, 0.05) is 6.54 Å². The molecular weight excluding hydrogens is 222 g/mol. The third kappa shape index (κ3) is 1.71. The van der Waals surface area contributed by atoms with Crippen LogP contribution in [0.2, 0.25) is 0 Å². The van der Waals surface area contributed by atoms with Crippen molar-refractivity contribution in [2.75, 3.05) is 10.8 Å². The molecule has 0 saturated heterocycles. The van der Waals surface area contributed by atoms with E-state index in [9.17, 15) is 8.42 Å². The van der Waals surface area contributed by atoms with E-state index in [-0.39, 0.29) is 5.75 Å². The van der Waals surface area contributed by atoms with Gasteiger partial charge in [0.15, 0.2) is 0 Å². The van der Waals surface area contributed by atoms with Gasteiger partial charge in [0.25, 0.3) is 0 Å². The van der Waals surface area contributed by atoms with Crippen molar-refractivity contribution in [3.63, 3.8) is 0 Å². The minimum atomic E-state index is -3.11. The zero-order chi connectivity index (χ0) is 11.9. The summed E-state index contributed by atoms with van der Waals surface area (Å²) in [7, 11) is -3.11. The Morgan fingerprint density at radius 2 is 2.06 bits per heavy atom. The van der Waals surface area contributed by atoms with Crippen molar-refractivity contribution in [3.8, 4) is 0 Å². The lowest BCUT2D eigenvalue weighted by atomic mass is 10.0. The van der Waals surface area contributed by atoms with Gasteiger partial charge in [0.1, 0.15) is 0 Å². The van der Waals surface area contributed by atoms with Gasteiger partial charge in [-0.2, -0.15) is 0 Å². The van der Waals surface area contributed by atoms with Gasteiger partial charge in [0.2, 0.25) is 10.0 Å². The molecule has 0 spiro atoms. The molecule has 1 aromatic carbocycles. The lowest BCUT2D eigenvalue weighted by molar-refractivity contribution is 0.594. The Kier molecular flexibility index (Phi) is 2.70. The summed E-state index contributed by atoms with van der Waals surface area (Å²) in [5.74, 6) is 0.584. The van der Waals surface area contributed by atoms with E-state index < -0.39 is 10.0 Å². The Labute approximate surface area is 97.1 Å². The molecule has 0 atom stereocenters. The first-order valence-corrected chi connectivity index (χ1v) is 7.20. The molecule has 0 amide bonds. The number of nitrogens with zero attached hydrogens (tertiary/aromatic N) is 1. The van der Waals surface area contributed by atoms with Crippen LogP contribution in [0.15, 0.2) is 18.2 Å². The molecule has 3 nitrogen and oxygen atoms in total. The lowest BCUT2D eigenvalue weighted by Gasteiger charge is -2.16. The van der Waals surface area contributed by atoms with E-state index in [0.717, 1.165) is 11.3 Å². The summed E-state index contributed by atoms with van der Waals surface area (Å²) in [6.07, 6.45) is 0. The smallest absolute Gasteiger partial charge is 0.239 e. The van der Waals surface area contributed by atoms with E-state index in [2.05, 4.69) is 13.8 Å². The van der Waals surface area contributed by atoms with Crippen LogP contribution in [-0.2, 0) is 15.8 Å². The lowest BCUT2D eigenvalue weighted by Crippen LogP contribution is -2.25. The zero-order valence-corrected chi connectivity index (χ0v) is 10.7. The fraction of sp³-hybridized carbons (Fsp3) is 0.500. The SMILES string of the molecule is CCN1c2ccc(C(C)C)cc2CS1(=O)=O. The van der Waals surface area contributed by atoms with Crippen molar-refractivity contribution in [2.45, 2.75) is 32.4 Å². The average molecular weight is 239 g/mol. The largest absolute Gasteiger partial charge is 0.270 e. The maximum Gasteiger partial charge on any atom is 0.239 e. The molecule has 0 radical (unpaired) electrons. The van der Waals surface area contributed by atoms with Crippen LogP contribution in [0.1, 0.15) is 37.8 Å². The van der Waals surface area contributed by atoms with Gasteiger partial charge >= 0.3 is 0 Å². The van der Waals surface area contributed by atoms with Gasteiger partial charge in [-0.25, -0.2) is 8.42 Å². The molecule has 2 rings (SSSR count). The normalized spacial score (nSPS) is 17.9. The van der Waals surface area contributed by atoms with Gasteiger partial charge in [-0.15, -0.1) is 0 Å². The minimum absolute atomic E-state index is 0.150. The Morgan fingerprint density at radius 3 is 2.62 bits per heavy atom. The summed E-state index contributed by atoms with van der Waals surface area (Å²) in [5.41, 5.74) is 2.99. The number of fused-ring (bicyclic) bond motifs is 1. The van der Waals surface area contributed by atoms with Crippen molar-refractivity contribution in [1.82, 2.24) is 0 Å². The highest BCUT2D eigenvalue weighted by molar-refractivity contribution is 7.92. The Morgan fingerprint density at radius 1 is 1.38 bits per heavy atom. The molecule has 0 aromatic heterocycles. The second-order valence-electron chi connectivity index (χ2n) is 4.46. The first-order chi connectivity index (χ1) is 7.45. The summed E-state index contributed by atoms with van der Waals surface area (Å²) in [6.45, 7) is 6.60. The quantitative estimate of drug-likeness (QED) is 0.795. The number of benzene rings is 1. The molecule has 0 aliphatic carbocycles. The van der Waals surface area contributed by atoms with Gasteiger partial charge in [0.05, 0.1) is 11.4 Å². The van der Waals surface area contributed by atoms with E-state index in [1.807, 2.05) is 25.1 Å². The molecular formula is C12H17NO2S. The molecule has 0 N–H and O–H groups in total. The van der Waals surface area contributed by atoms with Gasteiger partial charge < -0.3 is 0 Å². The van der Waals surface area contributed by atoms with Crippen molar-refractivity contribution in [2.24, 2.45) is 0 Å². The topological polar surface area (TPSA) is 37.4 Å². The fourth-order valence-corrected chi connectivity index (χ4v) is 3.77. The first kappa shape index (κ1) is 11.5. The van der Waals surface area contributed by atoms with Crippen molar-refractivity contribution < 1.29 is 8.42 Å². The van der Waals surface area contributed by atoms with Gasteiger partial charge in [-0.1, -0.05) is 26.0 Å².